The third-order valence-corrected chi connectivity index (χ3v) is 5.60. The summed E-state index contributed by atoms with van der Waals surface area (Å²) in [5.74, 6) is 0. The molecule has 0 radical (unpaired) electrons. The second-order valence-corrected chi connectivity index (χ2v) is 7.24. The molecule has 2 heterocycles. The lowest BCUT2D eigenvalue weighted by atomic mass is 10.1. The predicted molar refractivity (Wildman–Crippen MR) is 74.7 cm³/mol. The van der Waals surface area contributed by atoms with Crippen molar-refractivity contribution in [3.63, 3.8) is 0 Å². The third-order valence-electron chi connectivity index (χ3n) is 3.49. The molecule has 1 aliphatic rings. The second-order valence-electron chi connectivity index (χ2n) is 4.92. The van der Waals surface area contributed by atoms with Crippen LogP contribution in [0.5, 0.6) is 0 Å². The van der Waals surface area contributed by atoms with Gasteiger partial charge in [-0.1, -0.05) is 11.6 Å². The minimum Gasteiger partial charge on any atom is -0.306 e. The van der Waals surface area contributed by atoms with Crippen LogP contribution >= 0.6 is 11.6 Å². The van der Waals surface area contributed by atoms with Crippen LogP contribution in [-0.4, -0.2) is 55.8 Å². The molecule has 2 rings (SSSR count). The topological polar surface area (TPSA) is 53.5 Å². The van der Waals surface area contributed by atoms with E-state index in [2.05, 4.69) is 9.88 Å². The number of halogens is 1. The van der Waals surface area contributed by atoms with Crippen LogP contribution < -0.4 is 0 Å². The quantitative estimate of drug-likeness (QED) is 0.793. The first kappa shape index (κ1) is 14.7. The van der Waals surface area contributed by atoms with Gasteiger partial charge in [-0.2, -0.15) is 4.31 Å². The molecule has 7 heteroatoms. The zero-order valence-electron chi connectivity index (χ0n) is 11.1. The fourth-order valence-electron chi connectivity index (χ4n) is 2.26. The number of hydrogen-bond donors (Lipinski definition) is 0. The molecule has 106 valence electrons. The first-order valence-electron chi connectivity index (χ1n) is 6.19. The van der Waals surface area contributed by atoms with Gasteiger partial charge in [0.05, 0.1) is 0 Å². The van der Waals surface area contributed by atoms with E-state index in [1.165, 1.54) is 22.6 Å². The maximum Gasteiger partial charge on any atom is 0.244 e. The number of hydrogen-bond acceptors (Lipinski definition) is 4. The van der Waals surface area contributed by atoms with Crippen LogP contribution in [0.2, 0.25) is 5.15 Å². The summed E-state index contributed by atoms with van der Waals surface area (Å²) in [7, 11) is 0.617. The summed E-state index contributed by atoms with van der Waals surface area (Å²) in [5, 5.41) is 0.297. The van der Waals surface area contributed by atoms with Crippen molar-refractivity contribution in [2.24, 2.45) is 0 Å². The standard InChI is InChI=1S/C12H18ClN3O2S/c1-15(2)10-5-7-16(8-6-10)19(17,18)11-3-4-12(13)14-9-11/h3-4,9-10H,5-8H2,1-2H3. The molecule has 1 saturated heterocycles. The molecule has 1 aliphatic heterocycles. The highest BCUT2D eigenvalue weighted by atomic mass is 35.5. The monoisotopic (exact) mass is 303 g/mol. The van der Waals surface area contributed by atoms with Gasteiger partial charge in [-0.05, 0) is 39.1 Å². The van der Waals surface area contributed by atoms with Crippen molar-refractivity contribution in [2.75, 3.05) is 27.2 Å². The zero-order valence-corrected chi connectivity index (χ0v) is 12.7. The van der Waals surface area contributed by atoms with Crippen LogP contribution in [0, 0.1) is 0 Å². The smallest absolute Gasteiger partial charge is 0.244 e. The molecule has 0 bridgehead atoms. The molecule has 0 N–H and O–H groups in total. The molecule has 5 nitrogen and oxygen atoms in total. The number of piperidine rings is 1. The number of pyridine rings is 1. The van der Waals surface area contributed by atoms with Crippen molar-refractivity contribution in [3.8, 4) is 0 Å². The molecule has 0 amide bonds. The zero-order chi connectivity index (χ0) is 14.0. The van der Waals surface area contributed by atoms with Gasteiger partial charge in [0.15, 0.2) is 0 Å². The van der Waals surface area contributed by atoms with E-state index in [0.29, 0.717) is 24.3 Å². The predicted octanol–water partition coefficient (Wildman–Crippen LogP) is 1.45. The van der Waals surface area contributed by atoms with E-state index >= 15 is 0 Å². The Balaban J connectivity index is 2.12. The van der Waals surface area contributed by atoms with E-state index in [0.717, 1.165) is 12.8 Å². The van der Waals surface area contributed by atoms with E-state index in [1.54, 1.807) is 0 Å². The van der Waals surface area contributed by atoms with Gasteiger partial charge in [-0.3, -0.25) is 0 Å². The molecule has 0 aliphatic carbocycles. The summed E-state index contributed by atoms with van der Waals surface area (Å²) in [6.07, 6.45) is 3.02. The van der Waals surface area contributed by atoms with E-state index in [1.807, 2.05) is 14.1 Å². The van der Waals surface area contributed by atoms with Crippen LogP contribution in [0.25, 0.3) is 0 Å². The highest BCUT2D eigenvalue weighted by molar-refractivity contribution is 7.89. The summed E-state index contributed by atoms with van der Waals surface area (Å²) in [4.78, 5) is 6.19. The largest absolute Gasteiger partial charge is 0.306 e. The average Bonchev–Trinajstić information content (AvgIpc) is 2.39. The number of sulfonamides is 1. The van der Waals surface area contributed by atoms with Gasteiger partial charge in [-0.15, -0.1) is 0 Å². The van der Waals surface area contributed by atoms with Gasteiger partial charge in [0.1, 0.15) is 10.0 Å². The molecule has 0 atom stereocenters. The van der Waals surface area contributed by atoms with Crippen molar-refractivity contribution in [1.82, 2.24) is 14.2 Å². The molecule has 0 saturated carbocycles. The van der Waals surface area contributed by atoms with Crippen molar-refractivity contribution in [3.05, 3.63) is 23.5 Å². The first-order chi connectivity index (χ1) is 8.91. The Morgan fingerprint density at radius 1 is 1.32 bits per heavy atom. The van der Waals surface area contributed by atoms with Crippen molar-refractivity contribution in [2.45, 2.75) is 23.8 Å². The Kier molecular flexibility index (Phi) is 4.45. The van der Waals surface area contributed by atoms with Crippen molar-refractivity contribution < 1.29 is 8.42 Å². The van der Waals surface area contributed by atoms with Gasteiger partial charge in [0.2, 0.25) is 10.0 Å². The van der Waals surface area contributed by atoms with E-state index in [4.69, 9.17) is 11.6 Å². The van der Waals surface area contributed by atoms with Crippen LogP contribution in [0.1, 0.15) is 12.8 Å². The highest BCUT2D eigenvalue weighted by Crippen LogP contribution is 2.22. The van der Waals surface area contributed by atoms with Gasteiger partial charge >= 0.3 is 0 Å². The van der Waals surface area contributed by atoms with Crippen molar-refractivity contribution in [1.29, 1.82) is 0 Å². The SMILES string of the molecule is CN(C)C1CCN(S(=O)(=O)c2ccc(Cl)nc2)CC1. The summed E-state index contributed by atoms with van der Waals surface area (Å²) in [6, 6.07) is 3.46. The second kappa shape index (κ2) is 5.75. The Morgan fingerprint density at radius 2 is 1.95 bits per heavy atom. The number of nitrogens with zero attached hydrogens (tertiary/aromatic N) is 3. The molecular formula is C12H18ClN3O2S. The van der Waals surface area contributed by atoms with E-state index in [-0.39, 0.29) is 4.90 Å². The number of rotatable bonds is 3. The maximum atomic E-state index is 12.4. The summed E-state index contributed by atoms with van der Waals surface area (Å²) in [6.45, 7) is 1.10. The fraction of sp³-hybridized carbons (Fsp3) is 0.583. The molecular weight excluding hydrogens is 286 g/mol. The lowest BCUT2D eigenvalue weighted by molar-refractivity contribution is 0.196. The van der Waals surface area contributed by atoms with Crippen LogP contribution in [0.4, 0.5) is 0 Å². The Morgan fingerprint density at radius 3 is 2.42 bits per heavy atom. The Bertz CT molecular complexity index is 522. The Hall–Kier alpha value is -0.690. The lowest BCUT2D eigenvalue weighted by Crippen LogP contribution is -2.44. The van der Waals surface area contributed by atoms with Crippen molar-refractivity contribution >= 4 is 21.6 Å². The highest BCUT2D eigenvalue weighted by Gasteiger charge is 2.30. The summed E-state index contributed by atoms with van der Waals surface area (Å²) in [5.41, 5.74) is 0. The number of aromatic nitrogens is 1. The Labute approximate surface area is 119 Å². The molecule has 1 fully saturated rings. The molecule has 1 aromatic heterocycles. The molecule has 0 unspecified atom stereocenters. The minimum atomic E-state index is -3.43. The molecule has 0 spiro atoms. The summed E-state index contributed by atoms with van der Waals surface area (Å²) < 4.78 is 26.3. The van der Waals surface area contributed by atoms with Gasteiger partial charge in [0.25, 0.3) is 0 Å². The average molecular weight is 304 g/mol. The third kappa shape index (κ3) is 3.25. The van der Waals surface area contributed by atoms with Crippen LogP contribution in [-0.2, 0) is 10.0 Å². The maximum absolute atomic E-state index is 12.4. The first-order valence-corrected chi connectivity index (χ1v) is 8.01. The van der Waals surface area contributed by atoms with E-state index in [9.17, 15) is 8.42 Å². The molecule has 1 aromatic rings. The normalized spacial score (nSPS) is 18.9. The minimum absolute atomic E-state index is 0.209. The van der Waals surface area contributed by atoms with E-state index < -0.39 is 10.0 Å². The summed E-state index contributed by atoms with van der Waals surface area (Å²) >= 11 is 5.68. The van der Waals surface area contributed by atoms with Crippen LogP contribution in [0.3, 0.4) is 0 Å². The van der Waals surface area contributed by atoms with Gasteiger partial charge < -0.3 is 4.90 Å². The molecule has 0 aromatic carbocycles. The lowest BCUT2D eigenvalue weighted by Gasteiger charge is -2.34. The molecule has 19 heavy (non-hydrogen) atoms. The van der Waals surface area contributed by atoms with Gasteiger partial charge in [0, 0.05) is 25.3 Å². The van der Waals surface area contributed by atoms with Gasteiger partial charge in [-0.25, -0.2) is 13.4 Å². The van der Waals surface area contributed by atoms with Crippen LogP contribution in [0.15, 0.2) is 23.2 Å². The fourth-order valence-corrected chi connectivity index (χ4v) is 3.79.